The number of hydrogen-bond acceptors (Lipinski definition) is 2. The highest BCUT2D eigenvalue weighted by Crippen LogP contribution is 2.23. The van der Waals surface area contributed by atoms with Crippen molar-refractivity contribution in [2.24, 2.45) is 5.73 Å². The van der Waals surface area contributed by atoms with Crippen LogP contribution in [0.1, 0.15) is 16.8 Å². The molecule has 2 N–H and O–H groups in total. The normalized spacial score (nSPS) is 20.2. The zero-order valence-corrected chi connectivity index (χ0v) is 10.1. The summed E-state index contributed by atoms with van der Waals surface area (Å²) in [7, 11) is 0. The lowest BCUT2D eigenvalue weighted by atomic mass is 10.2. The zero-order valence-electron chi connectivity index (χ0n) is 8.62. The van der Waals surface area contributed by atoms with Crippen molar-refractivity contribution in [3.63, 3.8) is 0 Å². The van der Waals surface area contributed by atoms with E-state index in [0.717, 1.165) is 6.42 Å². The Morgan fingerprint density at radius 2 is 2.19 bits per heavy atom. The van der Waals surface area contributed by atoms with E-state index in [4.69, 9.17) is 28.9 Å². The highest BCUT2D eigenvalue weighted by atomic mass is 35.5. The molecule has 86 valence electrons. The number of nitrogens with two attached hydrogens (primary N) is 1. The number of halogens is 2. The molecule has 0 saturated carbocycles. The van der Waals surface area contributed by atoms with Gasteiger partial charge in [-0.2, -0.15) is 0 Å². The molecule has 0 radical (unpaired) electrons. The summed E-state index contributed by atoms with van der Waals surface area (Å²) in [6.45, 7) is 1.29. The molecule has 1 aliphatic rings. The molecule has 1 aliphatic heterocycles. The molecule has 1 heterocycles. The average Bonchev–Trinajstić information content (AvgIpc) is 2.64. The monoisotopic (exact) mass is 258 g/mol. The summed E-state index contributed by atoms with van der Waals surface area (Å²) in [5.74, 6) is -0.0744. The van der Waals surface area contributed by atoms with E-state index < -0.39 is 0 Å². The van der Waals surface area contributed by atoms with Crippen LogP contribution < -0.4 is 5.73 Å². The molecule has 0 spiro atoms. The molecule has 0 bridgehead atoms. The van der Waals surface area contributed by atoms with Crippen LogP contribution in [0.25, 0.3) is 0 Å². The fourth-order valence-corrected chi connectivity index (χ4v) is 2.29. The number of rotatable bonds is 1. The lowest BCUT2D eigenvalue weighted by Gasteiger charge is -2.16. The van der Waals surface area contributed by atoms with Crippen molar-refractivity contribution in [2.75, 3.05) is 13.1 Å². The summed E-state index contributed by atoms with van der Waals surface area (Å²) in [5.41, 5.74) is 6.24. The lowest BCUT2D eigenvalue weighted by molar-refractivity contribution is 0.0791. The van der Waals surface area contributed by atoms with Crippen LogP contribution in [0.3, 0.4) is 0 Å². The van der Waals surface area contributed by atoms with Crippen LogP contribution in [0.2, 0.25) is 10.0 Å². The van der Waals surface area contributed by atoms with Crippen molar-refractivity contribution in [1.82, 2.24) is 4.90 Å². The number of hydrogen-bond donors (Lipinski definition) is 1. The summed E-state index contributed by atoms with van der Waals surface area (Å²) < 4.78 is 0. The Morgan fingerprint density at radius 1 is 1.44 bits per heavy atom. The number of carbonyl (C=O) groups excluding carboxylic acids is 1. The molecule has 0 aromatic heterocycles. The number of benzene rings is 1. The van der Waals surface area contributed by atoms with Gasteiger partial charge >= 0.3 is 0 Å². The third-order valence-electron chi connectivity index (χ3n) is 2.67. The van der Waals surface area contributed by atoms with Crippen molar-refractivity contribution in [2.45, 2.75) is 12.5 Å². The molecule has 5 heteroatoms. The van der Waals surface area contributed by atoms with Gasteiger partial charge in [0.05, 0.1) is 10.6 Å². The minimum absolute atomic E-state index is 0.0744. The first kappa shape index (κ1) is 11.7. The van der Waals surface area contributed by atoms with Gasteiger partial charge in [-0.3, -0.25) is 4.79 Å². The van der Waals surface area contributed by atoms with Crippen LogP contribution in [0.4, 0.5) is 0 Å². The van der Waals surface area contributed by atoms with E-state index in [1.807, 2.05) is 0 Å². The highest BCUT2D eigenvalue weighted by Gasteiger charge is 2.25. The van der Waals surface area contributed by atoms with Gasteiger partial charge in [0.15, 0.2) is 0 Å². The second-order valence-electron chi connectivity index (χ2n) is 3.92. The molecule has 1 fully saturated rings. The summed E-state index contributed by atoms with van der Waals surface area (Å²) >= 11 is 11.8. The number of amides is 1. The van der Waals surface area contributed by atoms with E-state index in [9.17, 15) is 4.79 Å². The summed E-state index contributed by atoms with van der Waals surface area (Å²) in [4.78, 5) is 13.8. The molecule has 0 unspecified atom stereocenters. The first-order valence-electron chi connectivity index (χ1n) is 5.08. The fraction of sp³-hybridized carbons (Fsp3) is 0.364. The maximum atomic E-state index is 12.1. The van der Waals surface area contributed by atoms with Gasteiger partial charge in [-0.1, -0.05) is 23.2 Å². The van der Waals surface area contributed by atoms with Crippen molar-refractivity contribution in [3.8, 4) is 0 Å². The first-order valence-corrected chi connectivity index (χ1v) is 5.83. The Labute approximate surface area is 104 Å². The molecular formula is C11H12Cl2N2O. The predicted molar refractivity (Wildman–Crippen MR) is 65.0 cm³/mol. The Morgan fingerprint density at radius 3 is 2.75 bits per heavy atom. The molecule has 1 aromatic rings. The Balaban J connectivity index is 2.21. The van der Waals surface area contributed by atoms with Crippen molar-refractivity contribution >= 4 is 29.1 Å². The van der Waals surface area contributed by atoms with Crippen LogP contribution in [-0.2, 0) is 0 Å². The van der Waals surface area contributed by atoms with Crippen molar-refractivity contribution < 1.29 is 4.79 Å². The zero-order chi connectivity index (χ0) is 11.7. The van der Waals surface area contributed by atoms with Gasteiger partial charge < -0.3 is 10.6 Å². The SMILES string of the molecule is N[C@@H]1CCN(C(=O)c2ccc(Cl)cc2Cl)C1. The third kappa shape index (κ3) is 2.32. The van der Waals surface area contributed by atoms with E-state index in [1.165, 1.54) is 0 Å². The van der Waals surface area contributed by atoms with Crippen LogP contribution in [0, 0.1) is 0 Å². The fourth-order valence-electron chi connectivity index (χ4n) is 1.81. The van der Waals surface area contributed by atoms with Crippen LogP contribution in [0.15, 0.2) is 18.2 Å². The molecule has 1 amide bonds. The maximum absolute atomic E-state index is 12.1. The Hall–Kier alpha value is -0.770. The first-order chi connectivity index (χ1) is 7.58. The molecular weight excluding hydrogens is 247 g/mol. The van der Waals surface area contributed by atoms with Crippen LogP contribution in [0.5, 0.6) is 0 Å². The van der Waals surface area contributed by atoms with E-state index in [2.05, 4.69) is 0 Å². The quantitative estimate of drug-likeness (QED) is 0.840. The highest BCUT2D eigenvalue weighted by molar-refractivity contribution is 6.36. The van der Waals surface area contributed by atoms with Gasteiger partial charge in [-0.05, 0) is 24.6 Å². The van der Waals surface area contributed by atoms with Crippen LogP contribution >= 0.6 is 23.2 Å². The second kappa shape index (κ2) is 4.62. The van der Waals surface area contributed by atoms with E-state index in [0.29, 0.717) is 28.7 Å². The third-order valence-corrected chi connectivity index (χ3v) is 3.22. The molecule has 1 atom stereocenters. The minimum Gasteiger partial charge on any atom is -0.337 e. The van der Waals surface area contributed by atoms with Crippen LogP contribution in [-0.4, -0.2) is 29.9 Å². The second-order valence-corrected chi connectivity index (χ2v) is 4.77. The smallest absolute Gasteiger partial charge is 0.255 e. The number of nitrogens with zero attached hydrogens (tertiary/aromatic N) is 1. The van der Waals surface area contributed by atoms with Gasteiger partial charge in [0.1, 0.15) is 0 Å². The largest absolute Gasteiger partial charge is 0.337 e. The maximum Gasteiger partial charge on any atom is 0.255 e. The van der Waals surface area contributed by atoms with Crippen molar-refractivity contribution in [1.29, 1.82) is 0 Å². The summed E-state index contributed by atoms with van der Waals surface area (Å²) in [5, 5.41) is 0.914. The standard InChI is InChI=1S/C11H12Cl2N2O/c12-7-1-2-9(10(13)5-7)11(16)15-4-3-8(14)6-15/h1-2,5,8H,3-4,6,14H2/t8-/m1/s1. The molecule has 2 rings (SSSR count). The minimum atomic E-state index is -0.0744. The van der Waals surface area contributed by atoms with E-state index >= 15 is 0 Å². The van der Waals surface area contributed by atoms with Crippen molar-refractivity contribution in [3.05, 3.63) is 33.8 Å². The molecule has 3 nitrogen and oxygen atoms in total. The molecule has 0 aliphatic carbocycles. The lowest BCUT2D eigenvalue weighted by Crippen LogP contribution is -2.32. The van der Waals surface area contributed by atoms with Gasteiger partial charge in [0.2, 0.25) is 0 Å². The van der Waals surface area contributed by atoms with Gasteiger partial charge in [0, 0.05) is 24.2 Å². The predicted octanol–water partition coefficient (Wildman–Crippen LogP) is 2.17. The summed E-state index contributed by atoms with van der Waals surface area (Å²) in [6.07, 6.45) is 0.844. The van der Waals surface area contributed by atoms with E-state index in [-0.39, 0.29) is 11.9 Å². The topological polar surface area (TPSA) is 46.3 Å². The van der Waals surface area contributed by atoms with Gasteiger partial charge in [-0.25, -0.2) is 0 Å². The molecule has 1 aromatic carbocycles. The van der Waals surface area contributed by atoms with Gasteiger partial charge in [-0.15, -0.1) is 0 Å². The van der Waals surface area contributed by atoms with E-state index in [1.54, 1.807) is 23.1 Å². The average molecular weight is 259 g/mol. The number of carbonyl (C=O) groups is 1. The number of likely N-dealkylation sites (tertiary alicyclic amines) is 1. The Kier molecular flexibility index (Phi) is 3.38. The summed E-state index contributed by atoms with van der Waals surface area (Å²) in [6, 6.07) is 4.97. The van der Waals surface area contributed by atoms with Gasteiger partial charge in [0.25, 0.3) is 5.91 Å². The molecule has 1 saturated heterocycles. The Bertz CT molecular complexity index is 422. The molecule has 16 heavy (non-hydrogen) atoms.